The van der Waals surface area contributed by atoms with Crippen LogP contribution in [0.15, 0.2) is 0 Å². The van der Waals surface area contributed by atoms with Gasteiger partial charge in [0.1, 0.15) is 0 Å². The van der Waals surface area contributed by atoms with Gasteiger partial charge in [0.2, 0.25) is 5.91 Å². The van der Waals surface area contributed by atoms with Crippen molar-refractivity contribution in [3.63, 3.8) is 0 Å². The van der Waals surface area contributed by atoms with Crippen LogP contribution in [0.5, 0.6) is 0 Å². The van der Waals surface area contributed by atoms with Crippen LogP contribution >= 0.6 is 0 Å². The molecule has 14 heavy (non-hydrogen) atoms. The maximum absolute atomic E-state index is 11.0. The molecule has 0 aromatic carbocycles. The zero-order valence-electron chi connectivity index (χ0n) is 8.37. The second-order valence-corrected chi connectivity index (χ2v) is 3.44. The highest BCUT2D eigenvalue weighted by Gasteiger charge is 2.12. The van der Waals surface area contributed by atoms with Gasteiger partial charge in [-0.25, -0.2) is 4.79 Å². The Balaban J connectivity index is 3.64. The summed E-state index contributed by atoms with van der Waals surface area (Å²) in [4.78, 5) is 31.7. The molecule has 0 saturated carbocycles. The minimum Gasteiger partial charge on any atom is -0.475 e. The van der Waals surface area contributed by atoms with Crippen LogP contribution in [0, 0.1) is 5.92 Å². The highest BCUT2D eigenvalue weighted by Crippen LogP contribution is 2.02. The summed E-state index contributed by atoms with van der Waals surface area (Å²) in [7, 11) is 0. The number of hydrogen-bond acceptors (Lipinski definition) is 3. The third kappa shape index (κ3) is 6.16. The maximum atomic E-state index is 11.0. The fraction of sp³-hybridized carbons (Fsp3) is 0.667. The molecule has 0 aliphatic carbocycles. The summed E-state index contributed by atoms with van der Waals surface area (Å²) in [6.07, 6.45) is 1.05. The number of aliphatic carboxylic acids is 1. The third-order valence-electron chi connectivity index (χ3n) is 1.63. The SMILES string of the molecule is CC(C)CCC(=O)NCC(=O)C(=O)O. The molecule has 0 fully saturated rings. The van der Waals surface area contributed by atoms with Crippen molar-refractivity contribution in [1.82, 2.24) is 5.32 Å². The number of amides is 1. The molecule has 0 radical (unpaired) electrons. The van der Waals surface area contributed by atoms with Crippen LogP contribution in [-0.4, -0.2) is 29.3 Å². The van der Waals surface area contributed by atoms with Crippen LogP contribution in [0.4, 0.5) is 0 Å². The van der Waals surface area contributed by atoms with Crippen LogP contribution < -0.4 is 5.32 Å². The largest absolute Gasteiger partial charge is 0.475 e. The highest BCUT2D eigenvalue weighted by atomic mass is 16.4. The fourth-order valence-electron chi connectivity index (χ4n) is 0.763. The van der Waals surface area contributed by atoms with Crippen molar-refractivity contribution in [2.24, 2.45) is 5.92 Å². The minimum absolute atomic E-state index is 0.284. The first-order chi connectivity index (χ1) is 6.43. The summed E-state index contributed by atoms with van der Waals surface area (Å²) < 4.78 is 0. The van der Waals surface area contributed by atoms with E-state index in [2.05, 4.69) is 5.32 Å². The van der Waals surface area contributed by atoms with Gasteiger partial charge in [0, 0.05) is 6.42 Å². The Morgan fingerprint density at radius 3 is 2.29 bits per heavy atom. The predicted molar refractivity (Wildman–Crippen MR) is 49.7 cm³/mol. The molecule has 80 valence electrons. The topological polar surface area (TPSA) is 83.5 Å². The van der Waals surface area contributed by atoms with Crippen molar-refractivity contribution >= 4 is 17.7 Å². The Morgan fingerprint density at radius 1 is 1.29 bits per heavy atom. The number of nitrogens with one attached hydrogen (secondary N) is 1. The molecule has 0 atom stereocenters. The standard InChI is InChI=1S/C9H15NO4/c1-6(2)3-4-8(12)10-5-7(11)9(13)14/h6H,3-5H2,1-2H3,(H,10,12)(H,13,14). The Morgan fingerprint density at radius 2 is 1.86 bits per heavy atom. The molecule has 5 nitrogen and oxygen atoms in total. The van der Waals surface area contributed by atoms with Crippen molar-refractivity contribution in [2.45, 2.75) is 26.7 Å². The van der Waals surface area contributed by atoms with Gasteiger partial charge in [-0.15, -0.1) is 0 Å². The van der Waals surface area contributed by atoms with E-state index in [4.69, 9.17) is 5.11 Å². The average Bonchev–Trinajstić information content (AvgIpc) is 2.10. The third-order valence-corrected chi connectivity index (χ3v) is 1.63. The van der Waals surface area contributed by atoms with Gasteiger partial charge in [-0.3, -0.25) is 9.59 Å². The van der Waals surface area contributed by atoms with Gasteiger partial charge >= 0.3 is 5.97 Å². The average molecular weight is 201 g/mol. The van der Waals surface area contributed by atoms with Gasteiger partial charge < -0.3 is 10.4 Å². The predicted octanol–water partition coefficient (Wildman–Crippen LogP) is 0.192. The van der Waals surface area contributed by atoms with E-state index in [0.717, 1.165) is 6.42 Å². The molecule has 5 heteroatoms. The number of carboxylic acid groups (broad SMARTS) is 1. The molecule has 0 unspecified atom stereocenters. The monoisotopic (exact) mass is 201 g/mol. The molecule has 0 aliphatic heterocycles. The minimum atomic E-state index is -1.52. The van der Waals surface area contributed by atoms with E-state index in [-0.39, 0.29) is 5.91 Å². The maximum Gasteiger partial charge on any atom is 0.374 e. The summed E-state index contributed by atoms with van der Waals surface area (Å²) >= 11 is 0. The van der Waals surface area contributed by atoms with Gasteiger partial charge in [0.25, 0.3) is 5.78 Å². The second kappa shape index (κ2) is 6.12. The molecular weight excluding hydrogens is 186 g/mol. The number of carbonyl (C=O) groups is 3. The van der Waals surface area contributed by atoms with Crippen LogP contribution in [-0.2, 0) is 14.4 Å². The fourth-order valence-corrected chi connectivity index (χ4v) is 0.763. The van der Waals surface area contributed by atoms with E-state index in [1.54, 1.807) is 0 Å². The van der Waals surface area contributed by atoms with Crippen molar-refractivity contribution in [3.8, 4) is 0 Å². The van der Waals surface area contributed by atoms with Crippen molar-refractivity contribution in [1.29, 1.82) is 0 Å². The van der Waals surface area contributed by atoms with E-state index in [0.29, 0.717) is 12.3 Å². The Kier molecular flexibility index (Phi) is 5.52. The Labute approximate surface area is 82.5 Å². The first-order valence-electron chi connectivity index (χ1n) is 4.46. The number of rotatable bonds is 6. The molecule has 0 bridgehead atoms. The van der Waals surface area contributed by atoms with Crippen molar-refractivity contribution < 1.29 is 19.5 Å². The summed E-state index contributed by atoms with van der Waals surface area (Å²) in [5.74, 6) is -2.39. The molecule has 0 heterocycles. The number of hydrogen-bond donors (Lipinski definition) is 2. The molecular formula is C9H15NO4. The molecule has 0 spiro atoms. The number of carboxylic acids is 1. The van der Waals surface area contributed by atoms with E-state index in [9.17, 15) is 14.4 Å². The van der Waals surface area contributed by atoms with Gasteiger partial charge in [-0.2, -0.15) is 0 Å². The van der Waals surface area contributed by atoms with Gasteiger partial charge in [0.15, 0.2) is 0 Å². The zero-order valence-corrected chi connectivity index (χ0v) is 8.37. The lowest BCUT2D eigenvalue weighted by Crippen LogP contribution is -2.33. The summed E-state index contributed by atoms with van der Waals surface area (Å²) in [5, 5.41) is 10.5. The zero-order chi connectivity index (χ0) is 11.1. The van der Waals surface area contributed by atoms with Gasteiger partial charge in [-0.05, 0) is 12.3 Å². The summed E-state index contributed by atoms with van der Waals surface area (Å²) in [6, 6.07) is 0. The molecule has 0 aromatic rings. The molecule has 0 aromatic heterocycles. The lowest BCUT2D eigenvalue weighted by Gasteiger charge is -2.04. The number of ketones is 1. The highest BCUT2D eigenvalue weighted by molar-refractivity contribution is 6.33. The molecule has 0 rings (SSSR count). The summed E-state index contributed by atoms with van der Waals surface area (Å²) in [5.41, 5.74) is 0. The van der Waals surface area contributed by atoms with E-state index < -0.39 is 18.3 Å². The second-order valence-electron chi connectivity index (χ2n) is 3.44. The van der Waals surface area contributed by atoms with Gasteiger partial charge in [0.05, 0.1) is 6.54 Å². The number of carbonyl (C=O) groups excluding carboxylic acids is 2. The van der Waals surface area contributed by atoms with Crippen LogP contribution in [0.25, 0.3) is 0 Å². The van der Waals surface area contributed by atoms with Crippen molar-refractivity contribution in [3.05, 3.63) is 0 Å². The van der Waals surface area contributed by atoms with Crippen LogP contribution in [0.3, 0.4) is 0 Å². The van der Waals surface area contributed by atoms with Crippen LogP contribution in [0.1, 0.15) is 26.7 Å². The first-order valence-corrected chi connectivity index (χ1v) is 4.46. The summed E-state index contributed by atoms with van der Waals surface area (Å²) in [6.45, 7) is 3.54. The quantitative estimate of drug-likeness (QED) is 0.601. The molecule has 1 amide bonds. The van der Waals surface area contributed by atoms with E-state index >= 15 is 0 Å². The van der Waals surface area contributed by atoms with Crippen LogP contribution in [0.2, 0.25) is 0 Å². The first kappa shape index (κ1) is 12.6. The van der Waals surface area contributed by atoms with Gasteiger partial charge in [-0.1, -0.05) is 13.8 Å². The van der Waals surface area contributed by atoms with E-state index in [1.165, 1.54) is 0 Å². The molecule has 2 N–H and O–H groups in total. The lowest BCUT2D eigenvalue weighted by atomic mass is 10.1. The number of Topliss-reactive ketones (excluding diaryl/α,β-unsaturated/α-hetero) is 1. The Hall–Kier alpha value is -1.39. The van der Waals surface area contributed by atoms with E-state index in [1.807, 2.05) is 13.8 Å². The lowest BCUT2D eigenvalue weighted by molar-refractivity contribution is -0.148. The Bertz CT molecular complexity index is 235. The van der Waals surface area contributed by atoms with Crippen molar-refractivity contribution in [2.75, 3.05) is 6.54 Å². The molecule has 0 aliphatic rings. The normalized spacial score (nSPS) is 9.93. The molecule has 0 saturated heterocycles. The smallest absolute Gasteiger partial charge is 0.374 e.